The molecule has 3 nitrogen and oxygen atoms in total. The van der Waals surface area contributed by atoms with Gasteiger partial charge in [0.1, 0.15) is 0 Å². The van der Waals surface area contributed by atoms with Crippen LogP contribution in [0.5, 0.6) is 0 Å². The topological polar surface area (TPSA) is 48.1 Å². The summed E-state index contributed by atoms with van der Waals surface area (Å²) in [5, 5.41) is 0. The molecule has 0 amide bonds. The Labute approximate surface area is 90.7 Å². The maximum atomic E-state index is 6.10. The molecule has 3 heteroatoms. The lowest BCUT2D eigenvalue weighted by atomic mass is 9.96. The molecule has 15 heavy (non-hydrogen) atoms. The second-order valence-corrected chi connectivity index (χ2v) is 4.29. The third kappa shape index (κ3) is 3.29. The highest BCUT2D eigenvalue weighted by Gasteiger charge is 2.18. The fourth-order valence-electron chi connectivity index (χ4n) is 2.10. The van der Waals surface area contributed by atoms with E-state index >= 15 is 0 Å². The number of nitrogens with zero attached hydrogens (tertiary/aromatic N) is 1. The van der Waals surface area contributed by atoms with Crippen LogP contribution in [0.2, 0.25) is 0 Å². The number of nitrogens with two attached hydrogens (primary N) is 1. The average molecular weight is 206 g/mol. The fourth-order valence-corrected chi connectivity index (χ4v) is 2.10. The lowest BCUT2D eigenvalue weighted by Gasteiger charge is -2.14. The average Bonchev–Trinajstić information content (AvgIpc) is 2.71. The van der Waals surface area contributed by atoms with Gasteiger partial charge in [-0.2, -0.15) is 0 Å². The van der Waals surface area contributed by atoms with Crippen molar-refractivity contribution in [3.63, 3.8) is 0 Å². The smallest absolute Gasteiger partial charge is 0.0495 e. The Morgan fingerprint density at radius 1 is 1.60 bits per heavy atom. The number of ether oxygens (including phenoxy) is 1. The highest BCUT2D eigenvalue weighted by atomic mass is 16.5. The molecule has 2 atom stereocenters. The van der Waals surface area contributed by atoms with Crippen molar-refractivity contribution in [3.05, 3.63) is 30.1 Å². The van der Waals surface area contributed by atoms with Crippen molar-refractivity contribution in [2.75, 3.05) is 13.2 Å². The van der Waals surface area contributed by atoms with Gasteiger partial charge in [0.05, 0.1) is 0 Å². The summed E-state index contributed by atoms with van der Waals surface area (Å²) in [7, 11) is 0. The van der Waals surface area contributed by atoms with Gasteiger partial charge in [-0.3, -0.25) is 4.98 Å². The molecule has 0 bridgehead atoms. The molecule has 1 saturated heterocycles. The Bertz CT molecular complexity index is 283. The summed E-state index contributed by atoms with van der Waals surface area (Å²) in [5.41, 5.74) is 7.33. The SMILES string of the molecule is NC(Cc1cccnc1)CC1CCOC1. The van der Waals surface area contributed by atoms with Crippen LogP contribution >= 0.6 is 0 Å². The molecule has 2 unspecified atom stereocenters. The number of hydrogen-bond donors (Lipinski definition) is 1. The quantitative estimate of drug-likeness (QED) is 0.809. The molecule has 1 fully saturated rings. The van der Waals surface area contributed by atoms with Crippen LogP contribution in [-0.2, 0) is 11.2 Å². The molecule has 2 heterocycles. The number of aromatic nitrogens is 1. The lowest BCUT2D eigenvalue weighted by molar-refractivity contribution is 0.182. The predicted molar refractivity (Wildman–Crippen MR) is 59.5 cm³/mol. The molecule has 0 spiro atoms. The zero-order chi connectivity index (χ0) is 10.5. The van der Waals surface area contributed by atoms with Crippen molar-refractivity contribution in [1.82, 2.24) is 4.98 Å². The Morgan fingerprint density at radius 3 is 3.20 bits per heavy atom. The Kier molecular flexibility index (Phi) is 3.69. The number of rotatable bonds is 4. The summed E-state index contributed by atoms with van der Waals surface area (Å²) in [6.45, 7) is 1.80. The van der Waals surface area contributed by atoms with E-state index in [1.807, 2.05) is 12.3 Å². The minimum atomic E-state index is 0.237. The molecule has 0 aliphatic carbocycles. The first-order valence-corrected chi connectivity index (χ1v) is 5.57. The van der Waals surface area contributed by atoms with Gasteiger partial charge < -0.3 is 10.5 Å². The Balaban J connectivity index is 1.79. The monoisotopic (exact) mass is 206 g/mol. The van der Waals surface area contributed by atoms with Gasteiger partial charge in [0, 0.05) is 31.6 Å². The van der Waals surface area contributed by atoms with E-state index in [1.54, 1.807) is 6.20 Å². The first-order valence-electron chi connectivity index (χ1n) is 5.57. The van der Waals surface area contributed by atoms with Crippen molar-refractivity contribution >= 4 is 0 Å². The van der Waals surface area contributed by atoms with Crippen molar-refractivity contribution in [2.45, 2.75) is 25.3 Å². The zero-order valence-corrected chi connectivity index (χ0v) is 8.93. The van der Waals surface area contributed by atoms with E-state index in [4.69, 9.17) is 10.5 Å². The number of hydrogen-bond acceptors (Lipinski definition) is 3. The third-order valence-electron chi connectivity index (χ3n) is 2.88. The fraction of sp³-hybridized carbons (Fsp3) is 0.583. The summed E-state index contributed by atoms with van der Waals surface area (Å²) < 4.78 is 5.34. The van der Waals surface area contributed by atoms with Gasteiger partial charge in [-0.25, -0.2) is 0 Å². The molecule has 1 aromatic heterocycles. The van der Waals surface area contributed by atoms with E-state index < -0.39 is 0 Å². The van der Waals surface area contributed by atoms with Gasteiger partial charge in [0.2, 0.25) is 0 Å². The largest absolute Gasteiger partial charge is 0.381 e. The van der Waals surface area contributed by atoms with Crippen LogP contribution < -0.4 is 5.73 Å². The second-order valence-electron chi connectivity index (χ2n) is 4.29. The van der Waals surface area contributed by atoms with Gasteiger partial charge in [-0.1, -0.05) is 6.07 Å². The minimum Gasteiger partial charge on any atom is -0.381 e. The first kappa shape index (κ1) is 10.6. The molecule has 0 saturated carbocycles. The van der Waals surface area contributed by atoms with Crippen LogP contribution in [-0.4, -0.2) is 24.2 Å². The molecule has 2 rings (SSSR count). The van der Waals surface area contributed by atoms with Crippen LogP contribution in [0.15, 0.2) is 24.5 Å². The molecule has 1 aliphatic heterocycles. The lowest BCUT2D eigenvalue weighted by Crippen LogP contribution is -2.26. The molecule has 1 aromatic rings. The summed E-state index contributed by atoms with van der Waals surface area (Å²) in [4.78, 5) is 4.09. The van der Waals surface area contributed by atoms with Crippen LogP contribution in [0.25, 0.3) is 0 Å². The molecule has 1 aliphatic rings. The van der Waals surface area contributed by atoms with E-state index in [1.165, 1.54) is 12.0 Å². The first-order chi connectivity index (χ1) is 7.34. The third-order valence-corrected chi connectivity index (χ3v) is 2.88. The van der Waals surface area contributed by atoms with Crippen molar-refractivity contribution in [1.29, 1.82) is 0 Å². The molecular weight excluding hydrogens is 188 g/mol. The second kappa shape index (κ2) is 5.24. The molecule has 0 aromatic carbocycles. The van der Waals surface area contributed by atoms with Crippen molar-refractivity contribution < 1.29 is 4.74 Å². The summed E-state index contributed by atoms with van der Waals surface area (Å²) in [6.07, 6.45) is 6.84. The number of pyridine rings is 1. The summed E-state index contributed by atoms with van der Waals surface area (Å²) in [6, 6.07) is 4.28. The van der Waals surface area contributed by atoms with Crippen molar-refractivity contribution in [2.24, 2.45) is 11.7 Å². The summed E-state index contributed by atoms with van der Waals surface area (Å²) in [5.74, 6) is 0.664. The van der Waals surface area contributed by atoms with E-state index in [-0.39, 0.29) is 6.04 Å². The van der Waals surface area contributed by atoms with E-state index in [0.717, 1.165) is 26.1 Å². The molecule has 82 valence electrons. The Hall–Kier alpha value is -0.930. The normalized spacial score (nSPS) is 22.9. The van der Waals surface area contributed by atoms with E-state index in [0.29, 0.717) is 5.92 Å². The standard InChI is InChI=1S/C12H18N2O/c13-12(7-11-3-5-15-9-11)6-10-2-1-4-14-8-10/h1-2,4,8,11-12H,3,5-7,9,13H2. The van der Waals surface area contributed by atoms with Crippen LogP contribution in [0, 0.1) is 5.92 Å². The highest BCUT2D eigenvalue weighted by molar-refractivity contribution is 5.09. The molecular formula is C12H18N2O. The van der Waals surface area contributed by atoms with E-state index in [9.17, 15) is 0 Å². The van der Waals surface area contributed by atoms with Gasteiger partial charge >= 0.3 is 0 Å². The van der Waals surface area contributed by atoms with Crippen LogP contribution in [0.4, 0.5) is 0 Å². The van der Waals surface area contributed by atoms with Crippen LogP contribution in [0.3, 0.4) is 0 Å². The highest BCUT2D eigenvalue weighted by Crippen LogP contribution is 2.18. The Morgan fingerprint density at radius 2 is 2.53 bits per heavy atom. The van der Waals surface area contributed by atoms with E-state index in [2.05, 4.69) is 11.1 Å². The van der Waals surface area contributed by atoms with Crippen LogP contribution in [0.1, 0.15) is 18.4 Å². The molecule has 0 radical (unpaired) electrons. The summed E-state index contributed by atoms with van der Waals surface area (Å²) >= 11 is 0. The zero-order valence-electron chi connectivity index (χ0n) is 8.93. The van der Waals surface area contributed by atoms with Gasteiger partial charge in [-0.05, 0) is 36.8 Å². The maximum Gasteiger partial charge on any atom is 0.0495 e. The van der Waals surface area contributed by atoms with Gasteiger partial charge in [0.25, 0.3) is 0 Å². The van der Waals surface area contributed by atoms with Gasteiger partial charge in [-0.15, -0.1) is 0 Å². The predicted octanol–water partition coefficient (Wildman–Crippen LogP) is 1.38. The molecule has 2 N–H and O–H groups in total. The van der Waals surface area contributed by atoms with Crippen molar-refractivity contribution in [3.8, 4) is 0 Å². The van der Waals surface area contributed by atoms with Gasteiger partial charge in [0.15, 0.2) is 0 Å². The maximum absolute atomic E-state index is 6.10. The minimum absolute atomic E-state index is 0.237.